The van der Waals surface area contributed by atoms with Gasteiger partial charge in [0.05, 0.1) is 6.04 Å². The van der Waals surface area contributed by atoms with Crippen molar-refractivity contribution in [3.63, 3.8) is 0 Å². The average Bonchev–Trinajstić information content (AvgIpc) is 3.03. The standard InChI is InChI=1S/C15H20BrN3O2/c1-17-14(20)8-10-19(12-6-4-11(16)5-7-12)15(21)13-3-2-9-18-13/h4-7,13,18H,2-3,8-10H2,1H3,(H,17,20)/t13-/m0/s1. The lowest BCUT2D eigenvalue weighted by Gasteiger charge is -2.25. The monoisotopic (exact) mass is 353 g/mol. The quantitative estimate of drug-likeness (QED) is 0.846. The van der Waals surface area contributed by atoms with Gasteiger partial charge in [-0.25, -0.2) is 0 Å². The fourth-order valence-electron chi connectivity index (χ4n) is 2.41. The Morgan fingerprint density at radius 2 is 2.10 bits per heavy atom. The number of anilines is 1. The largest absolute Gasteiger partial charge is 0.359 e. The van der Waals surface area contributed by atoms with Crippen LogP contribution in [0.3, 0.4) is 0 Å². The van der Waals surface area contributed by atoms with Crippen LogP contribution in [-0.4, -0.2) is 38.0 Å². The van der Waals surface area contributed by atoms with Crippen molar-refractivity contribution in [1.29, 1.82) is 0 Å². The molecule has 0 unspecified atom stereocenters. The summed E-state index contributed by atoms with van der Waals surface area (Å²) in [5.41, 5.74) is 0.820. The fourth-order valence-corrected chi connectivity index (χ4v) is 2.67. The summed E-state index contributed by atoms with van der Waals surface area (Å²) >= 11 is 3.39. The lowest BCUT2D eigenvalue weighted by molar-refractivity contribution is -0.121. The maximum absolute atomic E-state index is 12.7. The van der Waals surface area contributed by atoms with Crippen LogP contribution in [0.1, 0.15) is 19.3 Å². The van der Waals surface area contributed by atoms with E-state index >= 15 is 0 Å². The van der Waals surface area contributed by atoms with Crippen LogP contribution in [0.5, 0.6) is 0 Å². The number of benzene rings is 1. The first-order chi connectivity index (χ1) is 10.1. The maximum Gasteiger partial charge on any atom is 0.244 e. The summed E-state index contributed by atoms with van der Waals surface area (Å²) in [6.45, 7) is 1.26. The molecule has 2 rings (SSSR count). The third-order valence-electron chi connectivity index (χ3n) is 3.60. The number of amides is 2. The number of nitrogens with zero attached hydrogens (tertiary/aromatic N) is 1. The molecule has 114 valence electrons. The minimum absolute atomic E-state index is 0.0405. The Morgan fingerprint density at radius 3 is 2.67 bits per heavy atom. The third kappa shape index (κ3) is 4.28. The second-order valence-electron chi connectivity index (χ2n) is 5.04. The van der Waals surface area contributed by atoms with E-state index in [0.717, 1.165) is 29.5 Å². The highest BCUT2D eigenvalue weighted by atomic mass is 79.9. The minimum atomic E-state index is -0.140. The third-order valence-corrected chi connectivity index (χ3v) is 4.13. The van der Waals surface area contributed by atoms with E-state index in [1.807, 2.05) is 24.3 Å². The van der Waals surface area contributed by atoms with Gasteiger partial charge in [-0.1, -0.05) is 15.9 Å². The molecule has 0 radical (unpaired) electrons. The second-order valence-corrected chi connectivity index (χ2v) is 5.95. The van der Waals surface area contributed by atoms with Crippen molar-refractivity contribution in [2.45, 2.75) is 25.3 Å². The number of carbonyl (C=O) groups is 2. The van der Waals surface area contributed by atoms with Gasteiger partial charge in [-0.2, -0.15) is 0 Å². The van der Waals surface area contributed by atoms with Crippen LogP contribution < -0.4 is 15.5 Å². The van der Waals surface area contributed by atoms with Crippen molar-refractivity contribution >= 4 is 33.4 Å². The summed E-state index contributed by atoms with van der Waals surface area (Å²) < 4.78 is 0.962. The van der Waals surface area contributed by atoms with Gasteiger partial charge >= 0.3 is 0 Å². The lowest BCUT2D eigenvalue weighted by Crippen LogP contribution is -2.45. The molecule has 0 aromatic heterocycles. The van der Waals surface area contributed by atoms with Crippen LogP contribution in [0, 0.1) is 0 Å². The SMILES string of the molecule is CNC(=O)CCN(C(=O)[C@@H]1CCCN1)c1ccc(Br)cc1. The van der Waals surface area contributed by atoms with E-state index in [-0.39, 0.29) is 17.9 Å². The number of nitrogens with one attached hydrogen (secondary N) is 2. The molecule has 1 fully saturated rings. The van der Waals surface area contributed by atoms with Gasteiger partial charge in [-0.3, -0.25) is 9.59 Å². The van der Waals surface area contributed by atoms with Crippen molar-refractivity contribution in [3.8, 4) is 0 Å². The molecule has 1 aromatic rings. The molecule has 1 aliphatic heterocycles. The summed E-state index contributed by atoms with van der Waals surface area (Å²) in [7, 11) is 1.60. The van der Waals surface area contributed by atoms with E-state index in [0.29, 0.717) is 13.0 Å². The number of hydrogen-bond acceptors (Lipinski definition) is 3. The molecule has 5 nitrogen and oxygen atoms in total. The zero-order valence-corrected chi connectivity index (χ0v) is 13.6. The first kappa shape index (κ1) is 16.0. The van der Waals surface area contributed by atoms with Crippen LogP contribution >= 0.6 is 15.9 Å². The van der Waals surface area contributed by atoms with Gasteiger partial charge < -0.3 is 15.5 Å². The highest BCUT2D eigenvalue weighted by Gasteiger charge is 2.27. The summed E-state index contributed by atoms with van der Waals surface area (Å²) in [5, 5.41) is 5.81. The van der Waals surface area contributed by atoms with Crippen LogP contribution in [0.15, 0.2) is 28.7 Å². The van der Waals surface area contributed by atoms with Gasteiger partial charge in [-0.05, 0) is 43.7 Å². The Bertz CT molecular complexity index is 498. The predicted octanol–water partition coefficient (Wildman–Crippen LogP) is 1.67. The smallest absolute Gasteiger partial charge is 0.244 e. The highest BCUT2D eigenvalue weighted by molar-refractivity contribution is 9.10. The first-order valence-corrected chi connectivity index (χ1v) is 7.92. The van der Waals surface area contributed by atoms with Gasteiger partial charge in [0.1, 0.15) is 0 Å². The molecule has 1 aromatic carbocycles. The molecule has 1 atom stereocenters. The van der Waals surface area contributed by atoms with Crippen molar-refractivity contribution in [2.75, 3.05) is 25.0 Å². The molecule has 2 amide bonds. The van der Waals surface area contributed by atoms with Gasteiger partial charge in [-0.15, -0.1) is 0 Å². The van der Waals surface area contributed by atoms with Crippen molar-refractivity contribution in [3.05, 3.63) is 28.7 Å². The molecule has 0 spiro atoms. The molecule has 0 saturated carbocycles. The zero-order chi connectivity index (χ0) is 15.2. The number of halogens is 1. The number of carbonyl (C=O) groups excluding carboxylic acids is 2. The zero-order valence-electron chi connectivity index (χ0n) is 12.1. The topological polar surface area (TPSA) is 61.4 Å². The molecule has 1 aliphatic rings. The highest BCUT2D eigenvalue weighted by Crippen LogP contribution is 2.21. The van der Waals surface area contributed by atoms with Gasteiger partial charge in [0.15, 0.2) is 0 Å². The van der Waals surface area contributed by atoms with Gasteiger partial charge in [0.25, 0.3) is 0 Å². The predicted molar refractivity (Wildman–Crippen MR) is 86.2 cm³/mol. The molecular formula is C15H20BrN3O2. The average molecular weight is 354 g/mol. The molecule has 0 aliphatic carbocycles. The van der Waals surface area contributed by atoms with E-state index in [9.17, 15) is 9.59 Å². The van der Waals surface area contributed by atoms with E-state index in [1.165, 1.54) is 0 Å². The summed E-state index contributed by atoms with van der Waals surface area (Å²) in [6.07, 6.45) is 2.16. The molecule has 6 heteroatoms. The van der Waals surface area contributed by atoms with Crippen LogP contribution in [-0.2, 0) is 9.59 Å². The van der Waals surface area contributed by atoms with Crippen molar-refractivity contribution in [2.24, 2.45) is 0 Å². The van der Waals surface area contributed by atoms with Crippen LogP contribution in [0.4, 0.5) is 5.69 Å². The Hall–Kier alpha value is -1.40. The Labute approximate surface area is 133 Å². The summed E-state index contributed by atoms with van der Waals surface area (Å²) in [4.78, 5) is 25.8. The summed E-state index contributed by atoms with van der Waals surface area (Å²) in [6, 6.07) is 7.44. The maximum atomic E-state index is 12.7. The van der Waals surface area contributed by atoms with E-state index in [4.69, 9.17) is 0 Å². The number of rotatable bonds is 5. The number of hydrogen-bond donors (Lipinski definition) is 2. The van der Waals surface area contributed by atoms with Gasteiger partial charge in [0.2, 0.25) is 11.8 Å². The molecule has 21 heavy (non-hydrogen) atoms. The van der Waals surface area contributed by atoms with E-state index in [2.05, 4.69) is 26.6 Å². The molecule has 0 bridgehead atoms. The Morgan fingerprint density at radius 1 is 1.38 bits per heavy atom. The van der Waals surface area contributed by atoms with Crippen LogP contribution in [0.25, 0.3) is 0 Å². The minimum Gasteiger partial charge on any atom is -0.359 e. The normalized spacial score (nSPS) is 17.5. The van der Waals surface area contributed by atoms with E-state index in [1.54, 1.807) is 11.9 Å². The molecule has 1 saturated heterocycles. The Kier molecular flexibility index (Phi) is 5.76. The first-order valence-electron chi connectivity index (χ1n) is 7.12. The lowest BCUT2D eigenvalue weighted by atomic mass is 10.1. The van der Waals surface area contributed by atoms with Crippen LogP contribution in [0.2, 0.25) is 0 Å². The van der Waals surface area contributed by atoms with Crippen molar-refractivity contribution in [1.82, 2.24) is 10.6 Å². The van der Waals surface area contributed by atoms with Gasteiger partial charge in [0, 0.05) is 30.2 Å². The van der Waals surface area contributed by atoms with E-state index < -0.39 is 0 Å². The van der Waals surface area contributed by atoms with Crippen molar-refractivity contribution < 1.29 is 9.59 Å². The molecular weight excluding hydrogens is 334 g/mol. The second kappa shape index (κ2) is 7.56. The summed E-state index contributed by atoms with van der Waals surface area (Å²) in [5.74, 6) is -0.0250. The molecule has 1 heterocycles. The fraction of sp³-hybridized carbons (Fsp3) is 0.467. The Balaban J connectivity index is 2.14. The molecule has 2 N–H and O–H groups in total.